The SMILES string of the molecule is CCC12CC(C3=C(CN4CCN(C5=CCC(C(O)[NH][Sn][c]6ccc(NCC7CCOCC7)c([N+](=O)[O-])c6)C(Oc6cnc7[nH]ccc7c6)=C5)CC4)CCC(C)(C)C3)(C1)C2.O.O. The number of anilines is 1. The molecule has 8 N–H and O–H groups in total. The summed E-state index contributed by atoms with van der Waals surface area (Å²) in [6.07, 6.45) is 19.0. The molecule has 14 nitrogen and oxygen atoms in total. The normalized spacial score (nSPS) is 26.8. The Morgan fingerprint density at radius 2 is 1.89 bits per heavy atom. The topological polar surface area (TPSA) is 204 Å². The Labute approximate surface area is 369 Å². The quantitative estimate of drug-likeness (QED) is 0.0504. The van der Waals surface area contributed by atoms with Crippen LogP contribution in [0, 0.1) is 38.2 Å². The van der Waals surface area contributed by atoms with E-state index < -0.39 is 27.6 Å². The number of rotatable bonds is 15. The van der Waals surface area contributed by atoms with E-state index in [1.54, 1.807) is 17.8 Å². The molecule has 3 saturated carbocycles. The van der Waals surface area contributed by atoms with Crippen molar-refractivity contribution in [2.45, 2.75) is 91.2 Å². The fourth-order valence-corrected chi connectivity index (χ4v) is 13.5. The van der Waals surface area contributed by atoms with E-state index in [0.717, 1.165) is 79.1 Å². The molecule has 0 amide bonds. The molecule has 2 aliphatic heterocycles. The van der Waals surface area contributed by atoms with Crippen LogP contribution in [0.3, 0.4) is 0 Å². The van der Waals surface area contributed by atoms with Crippen molar-refractivity contribution in [3.05, 3.63) is 87.6 Å². The maximum absolute atomic E-state index is 12.1. The number of fused-ring (bicyclic) bond motifs is 1. The number of aliphatic hydroxyl groups is 1. The zero-order valence-electron chi connectivity index (χ0n) is 36.0. The summed E-state index contributed by atoms with van der Waals surface area (Å²) in [7, 11) is 0. The molecule has 15 heteroatoms. The van der Waals surface area contributed by atoms with Crippen molar-refractivity contribution >= 4 is 47.4 Å². The van der Waals surface area contributed by atoms with Gasteiger partial charge in [-0.05, 0) is 54.8 Å². The molecule has 0 spiro atoms. The van der Waals surface area contributed by atoms with Crippen molar-refractivity contribution in [3.8, 4) is 5.75 Å². The van der Waals surface area contributed by atoms with E-state index in [1.807, 2.05) is 36.0 Å². The number of nitrogens with zero attached hydrogens (tertiary/aromatic N) is 4. The summed E-state index contributed by atoms with van der Waals surface area (Å²) in [4.78, 5) is 24.7. The first kappa shape index (κ1) is 45.5. The van der Waals surface area contributed by atoms with Crippen molar-refractivity contribution < 1.29 is 30.5 Å². The van der Waals surface area contributed by atoms with Gasteiger partial charge in [0.25, 0.3) is 0 Å². The number of pyridine rings is 1. The second kappa shape index (κ2) is 18.7. The number of H-pyrrole nitrogens is 1. The van der Waals surface area contributed by atoms with E-state index in [1.165, 1.54) is 44.9 Å². The number of piperazine rings is 1. The minimum Gasteiger partial charge on any atom is -0.412 e. The number of allylic oxidation sites excluding steroid dienone is 3. The van der Waals surface area contributed by atoms with Crippen molar-refractivity contribution in [1.29, 1.82) is 0 Å². The van der Waals surface area contributed by atoms with Gasteiger partial charge in [-0.25, -0.2) is 0 Å². The predicted molar refractivity (Wildman–Crippen MR) is 240 cm³/mol. The Hall–Kier alpha value is -3.51. The molecule has 10 rings (SSSR count). The van der Waals surface area contributed by atoms with Crippen molar-refractivity contribution in [2.75, 3.05) is 57.8 Å². The summed E-state index contributed by atoms with van der Waals surface area (Å²) < 4.78 is 16.4. The first-order valence-electron chi connectivity index (χ1n) is 22.0. The van der Waals surface area contributed by atoms with Gasteiger partial charge in [0.05, 0.1) is 0 Å². The van der Waals surface area contributed by atoms with Crippen LogP contribution in [-0.4, -0.2) is 121 Å². The molecule has 2 saturated heterocycles. The van der Waals surface area contributed by atoms with Gasteiger partial charge < -0.3 is 11.0 Å². The molecule has 2 radical (unpaired) electrons. The van der Waals surface area contributed by atoms with Crippen LogP contribution in [0.15, 0.2) is 77.5 Å². The van der Waals surface area contributed by atoms with Gasteiger partial charge in [0.15, 0.2) is 0 Å². The zero-order chi connectivity index (χ0) is 40.8. The van der Waals surface area contributed by atoms with Gasteiger partial charge in [-0.1, -0.05) is 32.8 Å². The van der Waals surface area contributed by atoms with Gasteiger partial charge >= 0.3 is 273 Å². The van der Waals surface area contributed by atoms with Crippen molar-refractivity contribution in [3.63, 3.8) is 0 Å². The molecule has 3 aromatic rings. The van der Waals surface area contributed by atoms with E-state index in [4.69, 9.17) is 9.47 Å². The van der Waals surface area contributed by atoms with Gasteiger partial charge in [-0.3, -0.25) is 0 Å². The Morgan fingerprint density at radius 3 is 2.62 bits per heavy atom. The molecular weight excluding hydrogens is 881 g/mol. The Morgan fingerprint density at radius 1 is 1.11 bits per heavy atom. The molecule has 2 unspecified atom stereocenters. The van der Waals surface area contributed by atoms with Gasteiger partial charge in [-0.2, -0.15) is 0 Å². The van der Waals surface area contributed by atoms with E-state index in [2.05, 4.69) is 61.5 Å². The van der Waals surface area contributed by atoms with Crippen LogP contribution in [0.4, 0.5) is 11.4 Å². The van der Waals surface area contributed by atoms with E-state index in [9.17, 15) is 15.2 Å². The molecule has 5 fully saturated rings. The number of hydrogen-bond donors (Lipinski definition) is 4. The number of nitrogens with one attached hydrogen (secondary N) is 3. The second-order valence-corrected chi connectivity index (χ2v) is 22.4. The van der Waals surface area contributed by atoms with Crippen LogP contribution >= 0.6 is 0 Å². The van der Waals surface area contributed by atoms with Crippen LogP contribution in [-0.2, 0) is 4.74 Å². The maximum Gasteiger partial charge on any atom is -0.0260 e. The number of aromatic nitrogens is 2. The first-order chi connectivity index (χ1) is 28.5. The first-order valence-corrected chi connectivity index (χ1v) is 24.9. The molecule has 7 aliphatic rings. The third kappa shape index (κ3) is 9.70. The summed E-state index contributed by atoms with van der Waals surface area (Å²) in [5.74, 6) is 1.43. The van der Waals surface area contributed by atoms with Crippen LogP contribution in [0.25, 0.3) is 11.0 Å². The predicted octanol–water partition coefficient (Wildman–Crippen LogP) is 5.38. The summed E-state index contributed by atoms with van der Waals surface area (Å²) in [6, 6.07) is 9.40. The molecule has 1 aromatic carbocycles. The molecule has 2 atom stereocenters. The maximum atomic E-state index is 12.1. The molecule has 2 aromatic heterocycles. The van der Waals surface area contributed by atoms with Gasteiger partial charge in [0.2, 0.25) is 0 Å². The average molecular weight is 947 g/mol. The van der Waals surface area contributed by atoms with Gasteiger partial charge in [0.1, 0.15) is 0 Å². The molecule has 61 heavy (non-hydrogen) atoms. The Bertz CT molecular complexity index is 2120. The number of aromatic amines is 1. The standard InChI is InChI=1S/C34H46N5O2.C12H15N2O3.2H2O.Sn/c1-4-33-20-34(21-33,22-33)28-17-32(2,3)9-7-24(28)19-38-11-13-39(14-12-38)25-5-6-27(30(35)40)29(16-25)41-26-15-23-8-10-36-31(23)37-18-26;15-14(16)12-4-2-1-3-11(12)13-9-10-5-7-17-8-6-10;;;/h5,8,10,15-16,18,27,30,35,40H,4,6-7,9,11-14,17,19-22H2,1-3H3,(H,36,37);1,3-4,10,13H,5-9H2;2*1H2;/q-1;;;;+1. The third-order valence-corrected chi connectivity index (χ3v) is 17.5. The Balaban J connectivity index is 0.00000281. The molecule has 5 aliphatic carbocycles. The summed E-state index contributed by atoms with van der Waals surface area (Å²) in [5.41, 5.74) is 7.73. The number of ether oxygens (including phenoxy) is 2. The van der Waals surface area contributed by atoms with Crippen LogP contribution in [0.1, 0.15) is 85.0 Å². The van der Waals surface area contributed by atoms with Crippen molar-refractivity contribution in [1.82, 2.24) is 23.3 Å². The van der Waals surface area contributed by atoms with Gasteiger partial charge in [0, 0.05) is 0 Å². The van der Waals surface area contributed by atoms with Crippen LogP contribution < -0.4 is 17.2 Å². The monoisotopic (exact) mass is 947 g/mol. The van der Waals surface area contributed by atoms with E-state index >= 15 is 0 Å². The molecular formula is C46H65N7O7Sn. The Kier molecular flexibility index (Phi) is 13.9. The third-order valence-electron chi connectivity index (χ3n) is 14.6. The molecule has 4 heterocycles. The zero-order valence-corrected chi connectivity index (χ0v) is 38.9. The summed E-state index contributed by atoms with van der Waals surface area (Å²) >= 11 is -1.62. The summed E-state index contributed by atoms with van der Waals surface area (Å²) in [5, 5.41) is 28.1. The van der Waals surface area contributed by atoms with E-state index in [0.29, 0.717) is 52.3 Å². The number of nitro benzene ring substituents is 1. The fraction of sp³-hybridized carbons (Fsp3) is 0.587. The smallest absolute Gasteiger partial charge is 0.0260 e. The minimum atomic E-state index is -1.62. The molecule has 2 bridgehead atoms. The number of aliphatic hydroxyl groups excluding tert-OH is 1. The van der Waals surface area contributed by atoms with Gasteiger partial charge in [-0.15, -0.1) is 0 Å². The number of nitro groups is 1. The second-order valence-electron chi connectivity index (χ2n) is 19.2. The van der Waals surface area contributed by atoms with Crippen molar-refractivity contribution in [2.24, 2.45) is 28.1 Å². The average Bonchev–Trinajstić information content (AvgIpc) is 3.68. The van der Waals surface area contributed by atoms with Crippen LogP contribution in [0.5, 0.6) is 5.75 Å². The summed E-state index contributed by atoms with van der Waals surface area (Å²) in [6.45, 7) is 14.6. The minimum absolute atomic E-state index is 0. The number of benzene rings is 1. The largest absolute Gasteiger partial charge is 0.412 e. The number of hydrogen-bond acceptors (Lipinski definition) is 10. The molecule has 330 valence electrons. The fourth-order valence-electron chi connectivity index (χ4n) is 11.0. The van der Waals surface area contributed by atoms with E-state index in [-0.39, 0.29) is 27.5 Å². The van der Waals surface area contributed by atoms with Crippen LogP contribution in [0.2, 0.25) is 0 Å².